The van der Waals surface area contributed by atoms with Crippen molar-refractivity contribution in [3.05, 3.63) is 35.4 Å². The lowest BCUT2D eigenvalue weighted by Crippen LogP contribution is -2.46. The summed E-state index contributed by atoms with van der Waals surface area (Å²) in [6.07, 6.45) is 1.08. The summed E-state index contributed by atoms with van der Waals surface area (Å²) in [7, 11) is 0. The number of nitrogens with zero attached hydrogens (tertiary/aromatic N) is 1. The van der Waals surface area contributed by atoms with Gasteiger partial charge in [0.05, 0.1) is 13.2 Å². The summed E-state index contributed by atoms with van der Waals surface area (Å²) < 4.78 is 5.38. The maximum Gasteiger partial charge on any atom is 0.0594 e. The normalized spacial score (nSPS) is 20.6. The minimum atomic E-state index is 0.0778. The van der Waals surface area contributed by atoms with Crippen molar-refractivity contribution in [2.75, 3.05) is 26.3 Å². The molecule has 2 unspecified atom stereocenters. The van der Waals surface area contributed by atoms with Crippen molar-refractivity contribution in [1.29, 1.82) is 0 Å². The second-order valence-electron chi connectivity index (χ2n) is 5.01. The van der Waals surface area contributed by atoms with E-state index >= 15 is 0 Å². The van der Waals surface area contributed by atoms with Crippen LogP contribution in [-0.4, -0.2) is 37.2 Å². The summed E-state index contributed by atoms with van der Waals surface area (Å²) >= 11 is 0. The van der Waals surface area contributed by atoms with Crippen LogP contribution in [0.2, 0.25) is 0 Å². The van der Waals surface area contributed by atoms with Crippen LogP contribution in [0.4, 0.5) is 0 Å². The summed E-state index contributed by atoms with van der Waals surface area (Å²) in [5.74, 6) is 0. The van der Waals surface area contributed by atoms with Crippen LogP contribution in [0.5, 0.6) is 0 Å². The topological polar surface area (TPSA) is 38.5 Å². The second-order valence-corrected chi connectivity index (χ2v) is 5.01. The number of nitrogens with two attached hydrogens (primary N) is 1. The van der Waals surface area contributed by atoms with Crippen molar-refractivity contribution in [2.24, 2.45) is 5.73 Å². The molecule has 0 bridgehead atoms. The Balaban J connectivity index is 2.01. The molecule has 1 aliphatic heterocycles. The fourth-order valence-corrected chi connectivity index (χ4v) is 2.47. The number of rotatable bonds is 4. The van der Waals surface area contributed by atoms with Gasteiger partial charge in [-0.25, -0.2) is 0 Å². The van der Waals surface area contributed by atoms with Crippen LogP contribution in [0.15, 0.2) is 24.3 Å². The van der Waals surface area contributed by atoms with Gasteiger partial charge >= 0.3 is 0 Å². The second kappa shape index (κ2) is 6.32. The van der Waals surface area contributed by atoms with Crippen molar-refractivity contribution < 1.29 is 4.74 Å². The number of ether oxygens (including phenoxy) is 1. The standard InChI is InChI=1S/C15H24N2O/c1-3-13-4-6-14(7-5-13)15(16)12(2)17-8-10-18-11-9-17/h4-7,12,15H,3,8-11,16H2,1-2H3. The first-order valence-electron chi connectivity index (χ1n) is 6.88. The monoisotopic (exact) mass is 248 g/mol. The Bertz CT molecular complexity index is 357. The van der Waals surface area contributed by atoms with Crippen LogP contribution >= 0.6 is 0 Å². The molecule has 2 N–H and O–H groups in total. The molecule has 1 aliphatic rings. The van der Waals surface area contributed by atoms with Gasteiger partial charge in [-0.05, 0) is 24.5 Å². The zero-order valence-corrected chi connectivity index (χ0v) is 11.4. The smallest absolute Gasteiger partial charge is 0.0594 e. The molecule has 2 atom stereocenters. The molecular weight excluding hydrogens is 224 g/mol. The Morgan fingerprint density at radius 2 is 1.83 bits per heavy atom. The number of hydrogen-bond acceptors (Lipinski definition) is 3. The molecule has 0 aromatic heterocycles. The predicted octanol–water partition coefficient (Wildman–Crippen LogP) is 1.97. The molecule has 1 fully saturated rings. The van der Waals surface area contributed by atoms with Gasteiger partial charge in [0.15, 0.2) is 0 Å². The van der Waals surface area contributed by atoms with E-state index in [0.717, 1.165) is 32.7 Å². The van der Waals surface area contributed by atoms with E-state index in [1.165, 1.54) is 11.1 Å². The van der Waals surface area contributed by atoms with E-state index in [2.05, 4.69) is 43.0 Å². The molecule has 1 saturated heterocycles. The highest BCUT2D eigenvalue weighted by atomic mass is 16.5. The van der Waals surface area contributed by atoms with Crippen LogP contribution < -0.4 is 5.73 Å². The van der Waals surface area contributed by atoms with E-state index in [4.69, 9.17) is 10.5 Å². The van der Waals surface area contributed by atoms with E-state index in [1.54, 1.807) is 0 Å². The molecule has 2 rings (SSSR count). The van der Waals surface area contributed by atoms with E-state index in [9.17, 15) is 0 Å². The van der Waals surface area contributed by atoms with Crippen molar-refractivity contribution >= 4 is 0 Å². The van der Waals surface area contributed by atoms with Gasteiger partial charge in [-0.3, -0.25) is 4.90 Å². The molecule has 0 aliphatic carbocycles. The summed E-state index contributed by atoms with van der Waals surface area (Å²) in [6, 6.07) is 9.14. The molecule has 3 heteroatoms. The molecule has 0 saturated carbocycles. The maximum atomic E-state index is 6.38. The first-order valence-corrected chi connectivity index (χ1v) is 6.88. The van der Waals surface area contributed by atoms with Gasteiger partial charge in [-0.2, -0.15) is 0 Å². The lowest BCUT2D eigenvalue weighted by molar-refractivity contribution is 0.0150. The van der Waals surface area contributed by atoms with Gasteiger partial charge in [0, 0.05) is 25.2 Å². The predicted molar refractivity (Wildman–Crippen MR) is 74.6 cm³/mol. The molecule has 18 heavy (non-hydrogen) atoms. The molecule has 0 spiro atoms. The van der Waals surface area contributed by atoms with Crippen LogP contribution in [0, 0.1) is 0 Å². The maximum absolute atomic E-state index is 6.38. The third-order valence-corrected chi connectivity index (χ3v) is 3.91. The highest BCUT2D eigenvalue weighted by Gasteiger charge is 2.23. The molecular formula is C15H24N2O. The first-order chi connectivity index (χ1) is 8.72. The number of benzene rings is 1. The van der Waals surface area contributed by atoms with E-state index in [1.807, 2.05) is 0 Å². The number of aryl methyl sites for hydroxylation is 1. The van der Waals surface area contributed by atoms with Crippen molar-refractivity contribution in [3.8, 4) is 0 Å². The van der Waals surface area contributed by atoms with Gasteiger partial charge in [0.1, 0.15) is 0 Å². The molecule has 0 amide bonds. The minimum Gasteiger partial charge on any atom is -0.379 e. The van der Waals surface area contributed by atoms with E-state index < -0.39 is 0 Å². The average molecular weight is 248 g/mol. The van der Waals surface area contributed by atoms with Crippen molar-refractivity contribution in [1.82, 2.24) is 4.90 Å². The number of morpholine rings is 1. The lowest BCUT2D eigenvalue weighted by Gasteiger charge is -2.35. The zero-order chi connectivity index (χ0) is 13.0. The summed E-state index contributed by atoms with van der Waals surface area (Å²) in [4.78, 5) is 2.42. The Kier molecular flexibility index (Phi) is 4.75. The highest BCUT2D eigenvalue weighted by molar-refractivity contribution is 5.25. The summed E-state index contributed by atoms with van der Waals surface area (Å²) in [5.41, 5.74) is 8.97. The first kappa shape index (κ1) is 13.5. The van der Waals surface area contributed by atoms with Gasteiger partial charge in [0.2, 0.25) is 0 Å². The summed E-state index contributed by atoms with van der Waals surface area (Å²) in [6.45, 7) is 8.01. The Morgan fingerprint density at radius 3 is 2.39 bits per heavy atom. The molecule has 1 aromatic carbocycles. The molecule has 3 nitrogen and oxygen atoms in total. The van der Waals surface area contributed by atoms with E-state index in [-0.39, 0.29) is 6.04 Å². The Morgan fingerprint density at radius 1 is 1.22 bits per heavy atom. The molecule has 100 valence electrons. The van der Waals surface area contributed by atoms with Gasteiger partial charge < -0.3 is 10.5 Å². The van der Waals surface area contributed by atoms with Crippen LogP contribution in [0.1, 0.15) is 31.0 Å². The third-order valence-electron chi connectivity index (χ3n) is 3.91. The zero-order valence-electron chi connectivity index (χ0n) is 11.4. The Hall–Kier alpha value is -0.900. The van der Waals surface area contributed by atoms with Crippen molar-refractivity contribution in [3.63, 3.8) is 0 Å². The quantitative estimate of drug-likeness (QED) is 0.885. The molecule has 0 radical (unpaired) electrons. The van der Waals surface area contributed by atoms with Crippen LogP contribution in [0.3, 0.4) is 0 Å². The highest BCUT2D eigenvalue weighted by Crippen LogP contribution is 2.20. The number of hydrogen-bond donors (Lipinski definition) is 1. The average Bonchev–Trinajstić information content (AvgIpc) is 2.47. The van der Waals surface area contributed by atoms with Crippen LogP contribution in [-0.2, 0) is 11.2 Å². The Labute approximate surface area is 110 Å². The van der Waals surface area contributed by atoms with E-state index in [0.29, 0.717) is 6.04 Å². The molecule has 1 heterocycles. The van der Waals surface area contributed by atoms with Gasteiger partial charge in [0.25, 0.3) is 0 Å². The SMILES string of the molecule is CCc1ccc(C(N)C(C)N2CCOCC2)cc1. The van der Waals surface area contributed by atoms with Gasteiger partial charge in [-0.1, -0.05) is 31.2 Å². The fraction of sp³-hybridized carbons (Fsp3) is 0.600. The van der Waals surface area contributed by atoms with Crippen molar-refractivity contribution in [2.45, 2.75) is 32.4 Å². The molecule has 1 aromatic rings. The minimum absolute atomic E-state index is 0.0778. The van der Waals surface area contributed by atoms with Crippen LogP contribution in [0.25, 0.3) is 0 Å². The summed E-state index contributed by atoms with van der Waals surface area (Å²) in [5, 5.41) is 0. The van der Waals surface area contributed by atoms with Gasteiger partial charge in [-0.15, -0.1) is 0 Å². The third kappa shape index (κ3) is 3.10. The lowest BCUT2D eigenvalue weighted by atomic mass is 9.98. The fourth-order valence-electron chi connectivity index (χ4n) is 2.47. The largest absolute Gasteiger partial charge is 0.379 e.